The number of hydrogen-bond donors (Lipinski definition) is 0. The van der Waals surface area contributed by atoms with Gasteiger partial charge in [-0.2, -0.15) is 10.2 Å². The molecule has 6 heteroatoms. The lowest BCUT2D eigenvalue weighted by Gasteiger charge is -2.23. The Bertz CT molecular complexity index is 687. The molecule has 1 aliphatic rings. The maximum Gasteiger partial charge on any atom is 0.142 e. The predicted molar refractivity (Wildman–Crippen MR) is 91.3 cm³/mol. The highest BCUT2D eigenvalue weighted by molar-refractivity contribution is 6.32. The summed E-state index contributed by atoms with van der Waals surface area (Å²) < 4.78 is 1.69. The third kappa shape index (κ3) is 3.28. The van der Waals surface area contributed by atoms with Crippen molar-refractivity contribution in [1.29, 1.82) is 0 Å². The van der Waals surface area contributed by atoms with E-state index < -0.39 is 0 Å². The van der Waals surface area contributed by atoms with Gasteiger partial charge in [-0.1, -0.05) is 29.3 Å². The smallest absolute Gasteiger partial charge is 0.142 e. The molecule has 1 aromatic carbocycles. The fraction of sp³-hybridized carbons (Fsp3) is 0.375. The van der Waals surface area contributed by atoms with Crippen molar-refractivity contribution in [2.75, 3.05) is 13.1 Å². The maximum atomic E-state index is 6.48. The second-order valence-electron chi connectivity index (χ2n) is 5.44. The van der Waals surface area contributed by atoms with E-state index in [9.17, 15) is 0 Å². The van der Waals surface area contributed by atoms with Crippen LogP contribution in [0.5, 0.6) is 0 Å². The van der Waals surface area contributed by atoms with Crippen LogP contribution >= 0.6 is 23.2 Å². The van der Waals surface area contributed by atoms with Gasteiger partial charge in [0.1, 0.15) is 5.15 Å². The lowest BCUT2D eigenvalue weighted by Crippen LogP contribution is -2.24. The van der Waals surface area contributed by atoms with E-state index in [4.69, 9.17) is 23.2 Å². The summed E-state index contributed by atoms with van der Waals surface area (Å²) in [5.74, 6) is 0. The highest BCUT2D eigenvalue weighted by Crippen LogP contribution is 2.24. The SMILES string of the molecule is Cc1nn(-c2cccc(Cl)c2)c(Cl)c1/C=N/N1CCCCC1. The molecule has 0 bridgehead atoms. The Hall–Kier alpha value is -1.52. The second-order valence-corrected chi connectivity index (χ2v) is 6.23. The predicted octanol–water partition coefficient (Wildman–Crippen LogP) is 4.31. The van der Waals surface area contributed by atoms with Crippen LogP contribution < -0.4 is 0 Å². The molecule has 2 aromatic rings. The van der Waals surface area contributed by atoms with Gasteiger partial charge in [0, 0.05) is 18.1 Å². The third-order valence-electron chi connectivity index (χ3n) is 3.78. The molecule has 0 aliphatic carbocycles. The Labute approximate surface area is 140 Å². The zero-order valence-corrected chi connectivity index (χ0v) is 14.0. The number of halogens is 2. The first kappa shape index (κ1) is 15.4. The molecule has 0 saturated carbocycles. The highest BCUT2D eigenvalue weighted by atomic mass is 35.5. The lowest BCUT2D eigenvalue weighted by atomic mass is 10.2. The molecule has 0 unspecified atom stereocenters. The van der Waals surface area contributed by atoms with Crippen molar-refractivity contribution in [1.82, 2.24) is 14.8 Å². The van der Waals surface area contributed by atoms with Crippen molar-refractivity contribution in [3.63, 3.8) is 0 Å². The molecule has 2 heterocycles. The van der Waals surface area contributed by atoms with E-state index in [0.717, 1.165) is 30.0 Å². The molecule has 4 nitrogen and oxygen atoms in total. The normalized spacial score (nSPS) is 15.7. The Morgan fingerprint density at radius 2 is 1.95 bits per heavy atom. The summed E-state index contributed by atoms with van der Waals surface area (Å²) in [5, 5.41) is 12.4. The number of nitrogens with zero attached hydrogens (tertiary/aromatic N) is 4. The standard InChI is InChI=1S/C16H18Cl2N4/c1-12-15(11-19-21-8-3-2-4-9-21)16(18)22(20-12)14-7-5-6-13(17)10-14/h5-7,10-11H,2-4,8-9H2,1H3/b19-11+. The Morgan fingerprint density at radius 1 is 1.18 bits per heavy atom. The first-order valence-electron chi connectivity index (χ1n) is 7.45. The third-order valence-corrected chi connectivity index (χ3v) is 4.38. The van der Waals surface area contributed by atoms with E-state index in [2.05, 4.69) is 15.2 Å². The summed E-state index contributed by atoms with van der Waals surface area (Å²) in [5.41, 5.74) is 2.55. The van der Waals surface area contributed by atoms with Crippen molar-refractivity contribution in [2.24, 2.45) is 5.10 Å². The van der Waals surface area contributed by atoms with E-state index in [-0.39, 0.29) is 0 Å². The van der Waals surface area contributed by atoms with E-state index in [1.807, 2.05) is 37.4 Å². The van der Waals surface area contributed by atoms with Crippen LogP contribution in [0.15, 0.2) is 29.4 Å². The van der Waals surface area contributed by atoms with Crippen LogP contribution in [0.2, 0.25) is 10.2 Å². The average molecular weight is 337 g/mol. The first-order chi connectivity index (χ1) is 10.6. The number of hydrogen-bond acceptors (Lipinski definition) is 3. The summed E-state index contributed by atoms with van der Waals surface area (Å²) >= 11 is 12.5. The Balaban J connectivity index is 1.88. The van der Waals surface area contributed by atoms with Crippen molar-refractivity contribution >= 4 is 29.4 Å². The molecule has 0 radical (unpaired) electrons. The zero-order chi connectivity index (χ0) is 15.5. The molecule has 1 aliphatic heterocycles. The lowest BCUT2D eigenvalue weighted by molar-refractivity contribution is 0.240. The molecule has 0 spiro atoms. The summed E-state index contributed by atoms with van der Waals surface area (Å²) in [6.07, 6.45) is 5.51. The van der Waals surface area contributed by atoms with Gasteiger partial charge in [-0.3, -0.25) is 5.01 Å². The molecule has 1 saturated heterocycles. The van der Waals surface area contributed by atoms with Gasteiger partial charge in [0.25, 0.3) is 0 Å². The minimum atomic E-state index is 0.556. The largest absolute Gasteiger partial charge is 0.297 e. The number of aromatic nitrogens is 2. The van der Waals surface area contributed by atoms with E-state index >= 15 is 0 Å². The number of rotatable bonds is 3. The van der Waals surface area contributed by atoms with Gasteiger partial charge in [0.2, 0.25) is 0 Å². The molecular formula is C16H18Cl2N4. The van der Waals surface area contributed by atoms with Crippen LogP contribution in [-0.4, -0.2) is 34.1 Å². The fourth-order valence-electron chi connectivity index (χ4n) is 2.57. The topological polar surface area (TPSA) is 33.4 Å². The molecule has 22 heavy (non-hydrogen) atoms. The second kappa shape index (κ2) is 6.71. The average Bonchev–Trinajstić information content (AvgIpc) is 2.81. The highest BCUT2D eigenvalue weighted by Gasteiger charge is 2.14. The van der Waals surface area contributed by atoms with Crippen LogP contribution in [-0.2, 0) is 0 Å². The van der Waals surface area contributed by atoms with Gasteiger partial charge in [0.05, 0.1) is 23.2 Å². The van der Waals surface area contributed by atoms with Crippen molar-refractivity contribution in [3.8, 4) is 5.69 Å². The van der Waals surface area contributed by atoms with Gasteiger partial charge in [-0.15, -0.1) is 0 Å². The van der Waals surface area contributed by atoms with Crippen LogP contribution in [0.25, 0.3) is 5.69 Å². The minimum Gasteiger partial charge on any atom is -0.297 e. The Kier molecular flexibility index (Phi) is 4.69. The number of aryl methyl sites for hydroxylation is 1. The first-order valence-corrected chi connectivity index (χ1v) is 8.21. The quantitative estimate of drug-likeness (QED) is 0.782. The number of piperidine rings is 1. The van der Waals surface area contributed by atoms with Gasteiger partial charge in [-0.25, -0.2) is 4.68 Å². The molecular weight excluding hydrogens is 319 g/mol. The van der Waals surface area contributed by atoms with E-state index in [1.165, 1.54) is 19.3 Å². The van der Waals surface area contributed by atoms with Crippen LogP contribution in [0.1, 0.15) is 30.5 Å². The summed E-state index contributed by atoms with van der Waals surface area (Å²) in [6.45, 7) is 3.95. The monoisotopic (exact) mass is 336 g/mol. The van der Waals surface area contributed by atoms with Gasteiger partial charge in [-0.05, 0) is 44.4 Å². The van der Waals surface area contributed by atoms with Gasteiger partial charge < -0.3 is 0 Å². The van der Waals surface area contributed by atoms with Gasteiger partial charge in [0.15, 0.2) is 0 Å². The summed E-state index contributed by atoms with van der Waals surface area (Å²) in [4.78, 5) is 0. The molecule has 1 aromatic heterocycles. The maximum absolute atomic E-state index is 6.48. The number of benzene rings is 1. The minimum absolute atomic E-state index is 0.556. The molecule has 0 atom stereocenters. The molecule has 0 amide bonds. The van der Waals surface area contributed by atoms with Crippen molar-refractivity contribution in [3.05, 3.63) is 45.7 Å². The van der Waals surface area contributed by atoms with Crippen LogP contribution in [0, 0.1) is 6.92 Å². The molecule has 0 N–H and O–H groups in total. The van der Waals surface area contributed by atoms with Gasteiger partial charge >= 0.3 is 0 Å². The Morgan fingerprint density at radius 3 is 2.68 bits per heavy atom. The summed E-state index contributed by atoms with van der Waals surface area (Å²) in [7, 11) is 0. The fourth-order valence-corrected chi connectivity index (χ4v) is 3.07. The van der Waals surface area contributed by atoms with Crippen LogP contribution in [0.4, 0.5) is 0 Å². The van der Waals surface area contributed by atoms with Crippen molar-refractivity contribution in [2.45, 2.75) is 26.2 Å². The van der Waals surface area contributed by atoms with E-state index in [0.29, 0.717) is 10.2 Å². The van der Waals surface area contributed by atoms with Crippen LogP contribution in [0.3, 0.4) is 0 Å². The van der Waals surface area contributed by atoms with E-state index in [1.54, 1.807) is 4.68 Å². The van der Waals surface area contributed by atoms with Crippen molar-refractivity contribution < 1.29 is 0 Å². The summed E-state index contributed by atoms with van der Waals surface area (Å²) in [6, 6.07) is 7.47. The molecule has 3 rings (SSSR count). The molecule has 116 valence electrons. The number of hydrazone groups is 1. The zero-order valence-electron chi connectivity index (χ0n) is 12.5. The molecule has 1 fully saturated rings.